The molecule has 1 heterocycles. The molecule has 0 radical (unpaired) electrons. The molecule has 1 fully saturated rings. The Morgan fingerprint density at radius 1 is 1.10 bits per heavy atom. The number of hydrogen-bond donors (Lipinski definition) is 0. The van der Waals surface area contributed by atoms with Gasteiger partial charge in [-0.1, -0.05) is 36.4 Å². The van der Waals surface area contributed by atoms with Crippen LogP contribution in [0.15, 0.2) is 59.6 Å². The van der Waals surface area contributed by atoms with Crippen molar-refractivity contribution >= 4 is 21.6 Å². The van der Waals surface area contributed by atoms with Crippen LogP contribution in [0.4, 0.5) is 4.39 Å². The van der Waals surface area contributed by atoms with E-state index in [1.54, 1.807) is 63.2 Å². The predicted molar refractivity (Wildman–Crippen MR) is 114 cm³/mol. The zero-order valence-corrected chi connectivity index (χ0v) is 18.0. The third-order valence-corrected chi connectivity index (χ3v) is 6.88. The molecule has 0 bridgehead atoms. The number of aliphatic imine (C=N–C) groups is 1. The Balaban J connectivity index is 1.80. The average molecular weight is 433 g/mol. The second-order valence-corrected chi connectivity index (χ2v) is 9.87. The summed E-state index contributed by atoms with van der Waals surface area (Å²) in [5, 5.41) is -1.13. The topological polar surface area (TPSA) is 76.0 Å². The predicted octanol–water partition coefficient (Wildman–Crippen LogP) is 3.75. The number of carbonyl (C=O) groups excluding carboxylic acids is 1. The van der Waals surface area contributed by atoms with Crippen molar-refractivity contribution in [1.29, 1.82) is 0 Å². The molecular formula is C22H25FN2O4S. The molecule has 3 rings (SSSR count). The number of hydrogen-bond acceptors (Lipinski definition) is 5. The maximum atomic E-state index is 13.2. The maximum Gasteiger partial charge on any atom is 0.283 e. The lowest BCUT2D eigenvalue weighted by atomic mass is 10.1. The number of benzene rings is 2. The van der Waals surface area contributed by atoms with Crippen molar-refractivity contribution in [2.75, 3.05) is 13.2 Å². The monoisotopic (exact) mass is 432 g/mol. The summed E-state index contributed by atoms with van der Waals surface area (Å²) in [5.41, 5.74) is -0.380. The lowest BCUT2D eigenvalue weighted by molar-refractivity contribution is -0.122. The summed E-state index contributed by atoms with van der Waals surface area (Å²) in [6, 6.07) is 14.4. The Labute approximate surface area is 176 Å². The number of ether oxygens (including phenoxy) is 1. The minimum atomic E-state index is -3.95. The number of nitrogens with zero attached hydrogens (tertiary/aromatic N) is 2. The first-order valence-electron chi connectivity index (χ1n) is 9.68. The molecule has 8 heteroatoms. The minimum Gasteiger partial charge on any atom is -0.493 e. The second-order valence-electron chi connectivity index (χ2n) is 8.00. The van der Waals surface area contributed by atoms with Gasteiger partial charge in [0, 0.05) is 19.0 Å². The molecule has 0 spiro atoms. The van der Waals surface area contributed by atoms with E-state index in [1.165, 1.54) is 12.1 Å². The van der Waals surface area contributed by atoms with E-state index in [4.69, 9.17) is 4.74 Å². The lowest BCUT2D eigenvalue weighted by Crippen LogP contribution is -2.45. The lowest BCUT2D eigenvalue weighted by Gasteiger charge is -2.30. The molecule has 1 unspecified atom stereocenters. The smallest absolute Gasteiger partial charge is 0.283 e. The molecular weight excluding hydrogens is 407 g/mol. The fourth-order valence-electron chi connectivity index (χ4n) is 3.38. The van der Waals surface area contributed by atoms with E-state index in [0.29, 0.717) is 17.7 Å². The van der Waals surface area contributed by atoms with Gasteiger partial charge in [0.2, 0.25) is 0 Å². The number of carbonyl (C=O) groups is 1. The number of amides is 1. The van der Waals surface area contributed by atoms with Crippen LogP contribution >= 0.6 is 0 Å². The average Bonchev–Trinajstić information content (AvgIpc) is 2.87. The highest BCUT2D eigenvalue weighted by molar-refractivity contribution is 7.91. The number of sulfonamides is 1. The summed E-state index contributed by atoms with van der Waals surface area (Å²) in [7, 11) is -3.95. The molecule has 1 amide bonds. The van der Waals surface area contributed by atoms with Crippen LogP contribution in [0.1, 0.15) is 38.0 Å². The Morgan fingerprint density at radius 2 is 1.80 bits per heavy atom. The van der Waals surface area contributed by atoms with Gasteiger partial charge < -0.3 is 4.74 Å². The highest BCUT2D eigenvalue weighted by atomic mass is 32.2. The fraction of sp³-hybridized carbons (Fsp3) is 0.364. The van der Waals surface area contributed by atoms with Crippen LogP contribution in [0, 0.1) is 5.82 Å². The first kappa shape index (κ1) is 22.0. The van der Waals surface area contributed by atoms with E-state index in [-0.39, 0.29) is 24.7 Å². The van der Waals surface area contributed by atoms with E-state index < -0.39 is 26.7 Å². The highest BCUT2D eigenvalue weighted by Gasteiger charge is 2.54. The van der Waals surface area contributed by atoms with E-state index in [1.807, 2.05) is 0 Å². The maximum absolute atomic E-state index is 13.2. The Morgan fingerprint density at radius 3 is 2.43 bits per heavy atom. The molecule has 1 saturated heterocycles. The number of rotatable bonds is 6. The normalized spacial score (nSPS) is 20.0. The largest absolute Gasteiger partial charge is 0.493 e. The van der Waals surface area contributed by atoms with Gasteiger partial charge in [-0.2, -0.15) is 0 Å². The zero-order chi connectivity index (χ0) is 21.9. The Kier molecular flexibility index (Phi) is 6.26. The SMILES string of the molecule is CC(C)(C)N1C(=O)C(=NCCCOc2cccc(F)c2)C(c2ccccc2)S1(=O)=O. The Hall–Kier alpha value is -2.74. The van der Waals surface area contributed by atoms with E-state index >= 15 is 0 Å². The zero-order valence-electron chi connectivity index (χ0n) is 17.2. The minimum absolute atomic E-state index is 0.0156. The van der Waals surface area contributed by atoms with Gasteiger partial charge in [0.05, 0.1) is 12.1 Å². The van der Waals surface area contributed by atoms with Gasteiger partial charge >= 0.3 is 0 Å². The van der Waals surface area contributed by atoms with Gasteiger partial charge in [0.15, 0.2) is 5.25 Å². The van der Waals surface area contributed by atoms with Crippen molar-refractivity contribution in [3.8, 4) is 5.75 Å². The molecule has 30 heavy (non-hydrogen) atoms. The fourth-order valence-corrected chi connectivity index (χ4v) is 5.64. The van der Waals surface area contributed by atoms with Crippen LogP contribution in [0.5, 0.6) is 5.75 Å². The third kappa shape index (κ3) is 4.53. The van der Waals surface area contributed by atoms with Gasteiger partial charge in [-0.25, -0.2) is 17.1 Å². The van der Waals surface area contributed by atoms with E-state index in [9.17, 15) is 17.6 Å². The quantitative estimate of drug-likeness (QED) is 0.652. The van der Waals surface area contributed by atoms with Crippen molar-refractivity contribution in [1.82, 2.24) is 4.31 Å². The van der Waals surface area contributed by atoms with Crippen molar-refractivity contribution in [3.05, 3.63) is 66.0 Å². The molecule has 1 atom stereocenters. The van der Waals surface area contributed by atoms with Crippen molar-refractivity contribution in [3.63, 3.8) is 0 Å². The summed E-state index contributed by atoms with van der Waals surface area (Å²) >= 11 is 0. The van der Waals surface area contributed by atoms with Gasteiger partial charge in [0.25, 0.3) is 15.9 Å². The van der Waals surface area contributed by atoms with Gasteiger partial charge in [-0.15, -0.1) is 0 Å². The Bertz CT molecular complexity index is 1050. The van der Waals surface area contributed by atoms with Gasteiger partial charge in [-0.05, 0) is 38.5 Å². The van der Waals surface area contributed by atoms with Crippen molar-refractivity contribution in [2.45, 2.75) is 38.0 Å². The summed E-state index contributed by atoms with van der Waals surface area (Å²) in [5.74, 6) is -0.576. The van der Waals surface area contributed by atoms with Crippen LogP contribution < -0.4 is 4.74 Å². The molecule has 2 aromatic carbocycles. The second kappa shape index (κ2) is 8.55. The van der Waals surface area contributed by atoms with Gasteiger partial charge in [-0.3, -0.25) is 9.79 Å². The molecule has 0 aromatic heterocycles. The van der Waals surface area contributed by atoms with Crippen LogP contribution in [0.25, 0.3) is 0 Å². The molecule has 0 aliphatic carbocycles. The van der Waals surface area contributed by atoms with Crippen LogP contribution in [0.3, 0.4) is 0 Å². The summed E-state index contributed by atoms with van der Waals surface area (Å²) < 4.78 is 46.1. The summed E-state index contributed by atoms with van der Waals surface area (Å²) in [6.45, 7) is 5.52. The molecule has 160 valence electrons. The van der Waals surface area contributed by atoms with E-state index in [2.05, 4.69) is 4.99 Å². The van der Waals surface area contributed by atoms with Gasteiger partial charge in [0.1, 0.15) is 17.3 Å². The highest BCUT2D eigenvalue weighted by Crippen LogP contribution is 2.38. The van der Waals surface area contributed by atoms with E-state index in [0.717, 1.165) is 4.31 Å². The number of halogens is 1. The molecule has 1 aliphatic heterocycles. The van der Waals surface area contributed by atoms with Crippen molar-refractivity contribution < 1.29 is 22.3 Å². The summed E-state index contributed by atoms with van der Waals surface area (Å²) in [4.78, 5) is 17.4. The summed E-state index contributed by atoms with van der Waals surface area (Å²) in [6.07, 6.45) is 0.449. The van der Waals surface area contributed by atoms with Crippen LogP contribution in [-0.2, 0) is 14.8 Å². The standard InChI is InChI=1S/C22H25FN2O4S/c1-22(2,3)25-21(26)19(20(30(25,27)28)16-9-5-4-6-10-16)24-13-8-14-29-18-12-7-11-17(23)15-18/h4-7,9-12,15,20H,8,13-14H2,1-3H3. The molecule has 0 saturated carbocycles. The van der Waals surface area contributed by atoms with Crippen LogP contribution in [0.2, 0.25) is 0 Å². The molecule has 0 N–H and O–H groups in total. The third-order valence-electron chi connectivity index (χ3n) is 4.57. The first-order chi connectivity index (χ1) is 14.1. The first-order valence-corrected chi connectivity index (χ1v) is 11.2. The van der Waals surface area contributed by atoms with Crippen LogP contribution in [-0.4, -0.2) is 43.0 Å². The molecule has 1 aliphatic rings. The molecule has 6 nitrogen and oxygen atoms in total. The van der Waals surface area contributed by atoms with Crippen molar-refractivity contribution in [2.24, 2.45) is 4.99 Å². The molecule has 2 aromatic rings.